The fourth-order valence-corrected chi connectivity index (χ4v) is 2.88. The van der Waals surface area contributed by atoms with Crippen LogP contribution in [0.4, 0.5) is 0 Å². The molecule has 1 amide bonds. The molecule has 2 aromatic rings. The van der Waals surface area contributed by atoms with Crippen LogP contribution in [0.1, 0.15) is 34.1 Å². The van der Waals surface area contributed by atoms with E-state index in [0.29, 0.717) is 34.5 Å². The first-order chi connectivity index (χ1) is 10.6. The quantitative estimate of drug-likeness (QED) is 0.903. The smallest absolute Gasteiger partial charge is 0.270 e. The Morgan fingerprint density at radius 2 is 2.18 bits per heavy atom. The van der Waals surface area contributed by atoms with Gasteiger partial charge < -0.3 is 10.1 Å². The molecule has 1 N–H and O–H groups in total. The lowest BCUT2D eigenvalue weighted by molar-refractivity contribution is 0.0919. The van der Waals surface area contributed by atoms with Crippen molar-refractivity contribution in [3.05, 3.63) is 57.3 Å². The van der Waals surface area contributed by atoms with E-state index in [-0.39, 0.29) is 11.9 Å². The summed E-state index contributed by atoms with van der Waals surface area (Å²) in [4.78, 5) is 16.6. The second kappa shape index (κ2) is 6.15. The highest BCUT2D eigenvalue weighted by Gasteiger charge is 2.26. The van der Waals surface area contributed by atoms with E-state index in [2.05, 4.69) is 10.3 Å². The van der Waals surface area contributed by atoms with E-state index in [9.17, 15) is 4.79 Å². The van der Waals surface area contributed by atoms with Crippen LogP contribution in [-0.4, -0.2) is 17.5 Å². The van der Waals surface area contributed by atoms with Gasteiger partial charge in [-0.05, 0) is 24.6 Å². The van der Waals surface area contributed by atoms with Crippen molar-refractivity contribution < 1.29 is 9.53 Å². The lowest BCUT2D eigenvalue weighted by Gasteiger charge is -2.27. The highest BCUT2D eigenvalue weighted by atomic mass is 35.5. The highest BCUT2D eigenvalue weighted by molar-refractivity contribution is 6.43. The van der Waals surface area contributed by atoms with Crippen LogP contribution in [0.3, 0.4) is 0 Å². The molecule has 0 saturated carbocycles. The Hall–Kier alpha value is -1.78. The first-order valence-electron chi connectivity index (χ1n) is 6.91. The number of rotatable bonds is 2. The van der Waals surface area contributed by atoms with E-state index in [0.717, 1.165) is 11.1 Å². The molecule has 1 aromatic carbocycles. The lowest BCUT2D eigenvalue weighted by Crippen LogP contribution is -2.33. The van der Waals surface area contributed by atoms with Crippen molar-refractivity contribution >= 4 is 29.1 Å². The van der Waals surface area contributed by atoms with Crippen LogP contribution >= 0.6 is 23.2 Å². The van der Waals surface area contributed by atoms with E-state index in [1.807, 2.05) is 19.1 Å². The Bertz CT molecular complexity index is 734. The van der Waals surface area contributed by atoms with Crippen molar-refractivity contribution in [2.45, 2.75) is 19.4 Å². The number of aryl methyl sites for hydroxylation is 1. The normalized spacial score (nSPS) is 16.6. The number of nitrogens with zero attached hydrogens (tertiary/aromatic N) is 1. The number of ether oxygens (including phenoxy) is 1. The van der Waals surface area contributed by atoms with Gasteiger partial charge in [0.15, 0.2) is 0 Å². The first kappa shape index (κ1) is 15.1. The number of aromatic nitrogens is 1. The number of hydrogen-bond acceptors (Lipinski definition) is 3. The molecule has 0 spiro atoms. The molecule has 1 unspecified atom stereocenters. The zero-order valence-electron chi connectivity index (χ0n) is 11.9. The molecule has 2 heterocycles. The summed E-state index contributed by atoms with van der Waals surface area (Å²) in [5.41, 5.74) is 2.10. The average molecular weight is 337 g/mol. The van der Waals surface area contributed by atoms with Crippen molar-refractivity contribution in [2.24, 2.45) is 0 Å². The van der Waals surface area contributed by atoms with Crippen LogP contribution in [0.25, 0.3) is 0 Å². The average Bonchev–Trinajstić information content (AvgIpc) is 2.52. The van der Waals surface area contributed by atoms with Gasteiger partial charge in [0.2, 0.25) is 0 Å². The minimum atomic E-state index is -0.206. The molecule has 0 bridgehead atoms. The number of halogens is 2. The SMILES string of the molecule is Cc1cccnc1C(=O)NC1CCOc2c1ccc(Cl)c2Cl. The molecular formula is C16H14Cl2N2O2. The topological polar surface area (TPSA) is 51.2 Å². The zero-order chi connectivity index (χ0) is 15.7. The van der Waals surface area contributed by atoms with Crippen molar-refractivity contribution in [1.82, 2.24) is 10.3 Å². The number of hydrogen-bond donors (Lipinski definition) is 1. The van der Waals surface area contributed by atoms with Crippen LogP contribution in [0, 0.1) is 6.92 Å². The molecule has 114 valence electrons. The van der Waals surface area contributed by atoms with Gasteiger partial charge in [0.1, 0.15) is 16.5 Å². The van der Waals surface area contributed by atoms with Gasteiger partial charge in [-0.3, -0.25) is 9.78 Å². The maximum absolute atomic E-state index is 12.4. The van der Waals surface area contributed by atoms with Gasteiger partial charge in [0.05, 0.1) is 17.7 Å². The summed E-state index contributed by atoms with van der Waals surface area (Å²) in [6.07, 6.45) is 2.28. The Morgan fingerprint density at radius 3 is 2.95 bits per heavy atom. The molecule has 6 heteroatoms. The third-order valence-corrected chi connectivity index (χ3v) is 4.43. The number of benzene rings is 1. The summed E-state index contributed by atoms with van der Waals surface area (Å²) in [6, 6.07) is 7.03. The Morgan fingerprint density at radius 1 is 1.36 bits per heavy atom. The molecule has 0 saturated heterocycles. The standard InChI is InChI=1S/C16H14Cl2N2O2/c1-9-3-2-7-19-14(9)16(21)20-12-6-8-22-15-10(12)4-5-11(17)13(15)18/h2-5,7,12H,6,8H2,1H3,(H,20,21). The summed E-state index contributed by atoms with van der Waals surface area (Å²) in [6.45, 7) is 2.33. The number of carbonyl (C=O) groups is 1. The van der Waals surface area contributed by atoms with Gasteiger partial charge in [-0.1, -0.05) is 35.3 Å². The summed E-state index contributed by atoms with van der Waals surface area (Å²) >= 11 is 12.2. The van der Waals surface area contributed by atoms with Crippen molar-refractivity contribution in [1.29, 1.82) is 0 Å². The van der Waals surface area contributed by atoms with E-state index in [4.69, 9.17) is 27.9 Å². The van der Waals surface area contributed by atoms with Crippen molar-refractivity contribution in [2.75, 3.05) is 6.61 Å². The van der Waals surface area contributed by atoms with Gasteiger partial charge in [0.25, 0.3) is 5.91 Å². The molecule has 22 heavy (non-hydrogen) atoms. The largest absolute Gasteiger partial charge is 0.492 e. The van der Waals surface area contributed by atoms with E-state index < -0.39 is 0 Å². The molecule has 3 rings (SSSR count). The maximum Gasteiger partial charge on any atom is 0.270 e. The highest BCUT2D eigenvalue weighted by Crippen LogP contribution is 2.41. The van der Waals surface area contributed by atoms with Gasteiger partial charge in [-0.15, -0.1) is 0 Å². The monoisotopic (exact) mass is 336 g/mol. The lowest BCUT2D eigenvalue weighted by atomic mass is 10.00. The Balaban J connectivity index is 1.88. The van der Waals surface area contributed by atoms with Crippen molar-refractivity contribution in [3.63, 3.8) is 0 Å². The summed E-state index contributed by atoms with van der Waals surface area (Å²) in [5, 5.41) is 3.82. The van der Waals surface area contributed by atoms with Crippen molar-refractivity contribution in [3.8, 4) is 5.75 Å². The minimum absolute atomic E-state index is 0.174. The fourth-order valence-electron chi connectivity index (χ4n) is 2.50. The van der Waals surface area contributed by atoms with Gasteiger partial charge >= 0.3 is 0 Å². The number of amides is 1. The zero-order valence-corrected chi connectivity index (χ0v) is 13.4. The minimum Gasteiger partial charge on any atom is -0.492 e. The third-order valence-electron chi connectivity index (χ3n) is 3.64. The van der Waals surface area contributed by atoms with E-state index in [1.165, 1.54) is 0 Å². The second-order valence-corrected chi connectivity index (χ2v) is 5.90. The second-order valence-electron chi connectivity index (χ2n) is 5.11. The van der Waals surface area contributed by atoms with Gasteiger partial charge in [-0.25, -0.2) is 0 Å². The first-order valence-corrected chi connectivity index (χ1v) is 7.66. The number of pyridine rings is 1. The van der Waals surface area contributed by atoms with Crippen LogP contribution < -0.4 is 10.1 Å². The molecule has 1 aliphatic heterocycles. The summed E-state index contributed by atoms with van der Waals surface area (Å²) < 4.78 is 5.59. The molecule has 1 aliphatic rings. The van der Waals surface area contributed by atoms with Crippen LogP contribution in [0.15, 0.2) is 30.5 Å². The Labute approximate surface area is 138 Å². The Kier molecular flexibility index (Phi) is 4.23. The summed E-state index contributed by atoms with van der Waals surface area (Å²) in [5.74, 6) is 0.338. The molecular weight excluding hydrogens is 323 g/mol. The number of nitrogens with one attached hydrogen (secondary N) is 1. The van der Waals surface area contributed by atoms with Gasteiger partial charge in [0, 0.05) is 18.2 Å². The molecule has 1 aromatic heterocycles. The molecule has 4 nitrogen and oxygen atoms in total. The molecule has 0 fully saturated rings. The third kappa shape index (κ3) is 2.76. The summed E-state index contributed by atoms with van der Waals surface area (Å²) in [7, 11) is 0. The predicted molar refractivity (Wildman–Crippen MR) is 85.8 cm³/mol. The number of carbonyl (C=O) groups excluding carboxylic acids is 1. The molecule has 1 atom stereocenters. The van der Waals surface area contributed by atoms with Crippen LogP contribution in [0.5, 0.6) is 5.75 Å². The van der Waals surface area contributed by atoms with Crippen LogP contribution in [0.2, 0.25) is 10.0 Å². The van der Waals surface area contributed by atoms with E-state index in [1.54, 1.807) is 18.3 Å². The number of fused-ring (bicyclic) bond motifs is 1. The fraction of sp³-hybridized carbons (Fsp3) is 0.250. The van der Waals surface area contributed by atoms with Crippen LogP contribution in [-0.2, 0) is 0 Å². The predicted octanol–water partition coefficient (Wildman–Crippen LogP) is 3.95. The molecule has 0 aliphatic carbocycles. The van der Waals surface area contributed by atoms with Gasteiger partial charge in [-0.2, -0.15) is 0 Å². The van der Waals surface area contributed by atoms with E-state index >= 15 is 0 Å². The maximum atomic E-state index is 12.4. The molecule has 0 radical (unpaired) electrons.